The van der Waals surface area contributed by atoms with Crippen LogP contribution >= 0.6 is 11.8 Å². The van der Waals surface area contributed by atoms with Crippen molar-refractivity contribution in [2.75, 3.05) is 0 Å². The molecule has 0 aliphatic heterocycles. The summed E-state index contributed by atoms with van der Waals surface area (Å²) < 4.78 is 0. The van der Waals surface area contributed by atoms with Crippen LogP contribution in [0.2, 0.25) is 0 Å². The maximum Gasteiger partial charge on any atom is 0.0965 e. The fraction of sp³-hybridized carbons (Fsp3) is 0.429. The Kier molecular flexibility index (Phi) is 4.40. The van der Waals surface area contributed by atoms with E-state index in [1.165, 1.54) is 24.3 Å². The van der Waals surface area contributed by atoms with Gasteiger partial charge in [0.1, 0.15) is 0 Å². The minimum Gasteiger partial charge on any atom is -0.385 e. The van der Waals surface area contributed by atoms with Crippen LogP contribution in [0.25, 0.3) is 0 Å². The predicted molar refractivity (Wildman–Crippen MR) is 71.8 cm³/mol. The maximum absolute atomic E-state index is 10.7. The molecule has 18 heavy (non-hydrogen) atoms. The largest absolute Gasteiger partial charge is 0.385 e. The van der Waals surface area contributed by atoms with E-state index >= 15 is 0 Å². The molecule has 94 valence electrons. The summed E-state index contributed by atoms with van der Waals surface area (Å²) >= 11 is 1.47. The molecule has 1 aliphatic rings. The van der Waals surface area contributed by atoms with Crippen LogP contribution in [0.4, 0.5) is 0 Å². The van der Waals surface area contributed by atoms with Crippen molar-refractivity contribution in [1.29, 1.82) is 5.26 Å². The van der Waals surface area contributed by atoms with E-state index in [0.29, 0.717) is 0 Å². The van der Waals surface area contributed by atoms with Gasteiger partial charge in [-0.25, -0.2) is 0 Å². The third kappa shape index (κ3) is 3.12. The summed E-state index contributed by atoms with van der Waals surface area (Å²) in [6.45, 7) is 0. The van der Waals surface area contributed by atoms with E-state index in [2.05, 4.69) is 11.1 Å². The van der Waals surface area contributed by atoms with Crippen LogP contribution in [0.1, 0.15) is 32.1 Å². The first-order chi connectivity index (χ1) is 8.74. The van der Waals surface area contributed by atoms with Crippen LogP contribution in [0.5, 0.6) is 0 Å². The van der Waals surface area contributed by atoms with Gasteiger partial charge in [0.15, 0.2) is 0 Å². The van der Waals surface area contributed by atoms with Crippen LogP contribution in [-0.2, 0) is 0 Å². The van der Waals surface area contributed by atoms with E-state index in [9.17, 15) is 5.11 Å². The average Bonchev–Trinajstić information content (AvgIpc) is 2.40. The highest BCUT2D eigenvalue weighted by molar-refractivity contribution is 8.03. The van der Waals surface area contributed by atoms with Crippen molar-refractivity contribution in [3.63, 3.8) is 0 Å². The zero-order valence-electron chi connectivity index (χ0n) is 10.2. The topological polar surface area (TPSA) is 56.9 Å². The molecule has 0 radical (unpaired) electrons. The van der Waals surface area contributed by atoms with Gasteiger partial charge in [0.2, 0.25) is 0 Å². The van der Waals surface area contributed by atoms with Gasteiger partial charge in [0.05, 0.1) is 11.7 Å². The number of hydrogen-bond donors (Lipinski definition) is 1. The first-order valence-electron chi connectivity index (χ1n) is 6.15. The van der Waals surface area contributed by atoms with Crippen LogP contribution in [0.15, 0.2) is 40.4 Å². The van der Waals surface area contributed by atoms with E-state index in [-0.39, 0.29) is 0 Å². The Hall–Kier alpha value is -1.31. The maximum atomic E-state index is 10.7. The van der Waals surface area contributed by atoms with Crippen LogP contribution < -0.4 is 0 Å². The van der Waals surface area contributed by atoms with Crippen molar-refractivity contribution in [3.8, 4) is 6.07 Å². The Morgan fingerprint density at radius 3 is 2.61 bits per heavy atom. The normalized spacial score (nSPS) is 19.2. The zero-order valence-corrected chi connectivity index (χ0v) is 11.0. The summed E-state index contributed by atoms with van der Waals surface area (Å²) in [4.78, 5) is 5.73. The Bertz CT molecular complexity index is 458. The molecular formula is C14H16N2OS. The Labute approximate surface area is 112 Å². The minimum absolute atomic E-state index is 0.749. The van der Waals surface area contributed by atoms with Gasteiger partial charge in [-0.1, -0.05) is 31.0 Å². The molecule has 4 heteroatoms. The van der Waals surface area contributed by atoms with Gasteiger partial charge in [-0.15, -0.1) is 0 Å². The number of hydrogen-bond acceptors (Lipinski definition) is 4. The molecule has 1 heterocycles. The summed E-state index contributed by atoms with van der Waals surface area (Å²) in [5.41, 5.74) is -0.818. The number of aromatic nitrogens is 1. The van der Waals surface area contributed by atoms with Crippen LogP contribution in [-0.4, -0.2) is 15.7 Å². The summed E-state index contributed by atoms with van der Waals surface area (Å²) in [5, 5.41) is 19.6. The number of thioether (sulfide) groups is 1. The molecule has 1 saturated carbocycles. The second kappa shape index (κ2) is 6.03. The summed E-state index contributed by atoms with van der Waals surface area (Å²) in [6, 6.07) is 5.83. The molecule has 1 aromatic rings. The van der Waals surface area contributed by atoms with Crippen molar-refractivity contribution >= 4 is 11.8 Å². The van der Waals surface area contributed by atoms with Gasteiger partial charge in [-0.2, -0.15) is 5.26 Å². The number of pyridine rings is 1. The van der Waals surface area contributed by atoms with Crippen molar-refractivity contribution in [3.05, 3.63) is 35.5 Å². The number of rotatable bonds is 3. The molecule has 0 spiro atoms. The van der Waals surface area contributed by atoms with Crippen LogP contribution in [0, 0.1) is 11.3 Å². The molecule has 0 atom stereocenters. The second-order valence-electron chi connectivity index (χ2n) is 4.51. The predicted octanol–water partition coefficient (Wildman–Crippen LogP) is 3.28. The first-order valence-corrected chi connectivity index (χ1v) is 6.97. The highest BCUT2D eigenvalue weighted by Gasteiger charge is 2.33. The molecule has 1 N–H and O–H groups in total. The highest BCUT2D eigenvalue weighted by Crippen LogP contribution is 2.42. The lowest BCUT2D eigenvalue weighted by Gasteiger charge is -2.33. The van der Waals surface area contributed by atoms with E-state index in [4.69, 9.17) is 5.26 Å². The van der Waals surface area contributed by atoms with Crippen molar-refractivity contribution in [2.45, 2.75) is 42.6 Å². The number of nitrogens with zero attached hydrogens (tertiary/aromatic N) is 2. The summed E-state index contributed by atoms with van der Waals surface area (Å²) in [6.07, 6.45) is 9.64. The third-order valence-electron chi connectivity index (χ3n) is 3.21. The number of aliphatic hydroxyl groups is 1. The first kappa shape index (κ1) is 13.1. The molecule has 1 fully saturated rings. The quantitative estimate of drug-likeness (QED) is 0.669. The van der Waals surface area contributed by atoms with E-state index < -0.39 is 5.60 Å². The van der Waals surface area contributed by atoms with Gasteiger partial charge >= 0.3 is 0 Å². The Morgan fingerprint density at radius 2 is 2.00 bits per heavy atom. The molecule has 0 saturated heterocycles. The molecule has 2 rings (SSSR count). The van der Waals surface area contributed by atoms with E-state index in [1.54, 1.807) is 12.4 Å². The molecule has 1 aliphatic carbocycles. The lowest BCUT2D eigenvalue weighted by atomic mass is 9.84. The standard InChI is InChI=1S/C14H16N2OS/c15-9-4-13(14(17)7-2-1-3-8-14)18-12-5-10-16-11-6-12/h4-6,10-11,17H,1-3,7-8H2/b13-4-. The van der Waals surface area contributed by atoms with E-state index in [1.807, 2.05) is 12.1 Å². The van der Waals surface area contributed by atoms with Gasteiger partial charge in [0.25, 0.3) is 0 Å². The van der Waals surface area contributed by atoms with E-state index in [0.717, 1.165) is 35.5 Å². The fourth-order valence-corrected chi connectivity index (χ4v) is 3.25. The lowest BCUT2D eigenvalue weighted by molar-refractivity contribution is 0.0477. The summed E-state index contributed by atoms with van der Waals surface area (Å²) in [5.74, 6) is 0. The van der Waals surface area contributed by atoms with Gasteiger partial charge < -0.3 is 5.11 Å². The van der Waals surface area contributed by atoms with Gasteiger partial charge in [0, 0.05) is 28.3 Å². The zero-order chi connectivity index (χ0) is 12.8. The second-order valence-corrected chi connectivity index (χ2v) is 5.63. The van der Waals surface area contributed by atoms with Crippen molar-refractivity contribution in [1.82, 2.24) is 4.98 Å². The molecule has 1 aromatic heterocycles. The minimum atomic E-state index is -0.818. The molecule has 0 amide bonds. The monoisotopic (exact) mass is 260 g/mol. The smallest absolute Gasteiger partial charge is 0.0965 e. The molecule has 3 nitrogen and oxygen atoms in total. The van der Waals surface area contributed by atoms with Crippen molar-refractivity contribution < 1.29 is 5.11 Å². The molecule has 0 unspecified atom stereocenters. The number of nitriles is 1. The SMILES string of the molecule is N#C/C=C(\Sc1ccncc1)C1(O)CCCCC1. The average molecular weight is 260 g/mol. The van der Waals surface area contributed by atoms with Crippen molar-refractivity contribution in [2.24, 2.45) is 0 Å². The van der Waals surface area contributed by atoms with Crippen LogP contribution in [0.3, 0.4) is 0 Å². The van der Waals surface area contributed by atoms with Gasteiger partial charge in [-0.05, 0) is 25.0 Å². The Morgan fingerprint density at radius 1 is 1.33 bits per heavy atom. The van der Waals surface area contributed by atoms with Gasteiger partial charge in [-0.3, -0.25) is 4.98 Å². The number of allylic oxidation sites excluding steroid dienone is 1. The lowest BCUT2D eigenvalue weighted by Crippen LogP contribution is -2.32. The third-order valence-corrected chi connectivity index (χ3v) is 4.44. The summed E-state index contributed by atoms with van der Waals surface area (Å²) in [7, 11) is 0. The fourth-order valence-electron chi connectivity index (χ4n) is 2.23. The molecule has 0 bridgehead atoms. The highest BCUT2D eigenvalue weighted by atomic mass is 32.2. The molecule has 0 aromatic carbocycles. The molecular weight excluding hydrogens is 244 g/mol. The Balaban J connectivity index is 2.19.